The summed E-state index contributed by atoms with van der Waals surface area (Å²) >= 11 is 0. The number of fused-ring (bicyclic) bond motifs is 2. The van der Waals surface area contributed by atoms with E-state index in [1.807, 2.05) is 19.2 Å². The van der Waals surface area contributed by atoms with Crippen LogP contribution in [0.3, 0.4) is 0 Å². The number of nitrogens with one attached hydrogen (secondary N) is 1. The normalized spacial score (nSPS) is 31.3. The fourth-order valence-corrected chi connectivity index (χ4v) is 5.03. The molecule has 1 aromatic rings. The fourth-order valence-electron chi connectivity index (χ4n) is 5.03. The van der Waals surface area contributed by atoms with Gasteiger partial charge in [-0.1, -0.05) is 6.42 Å². The van der Waals surface area contributed by atoms with Crippen molar-refractivity contribution in [1.29, 1.82) is 0 Å². The van der Waals surface area contributed by atoms with Crippen LogP contribution >= 0.6 is 24.8 Å². The highest BCUT2D eigenvalue weighted by Gasteiger charge is 2.54. The third-order valence-electron chi connectivity index (χ3n) is 6.31. The molecule has 0 radical (unpaired) electrons. The van der Waals surface area contributed by atoms with Gasteiger partial charge in [-0.25, -0.2) is 0 Å². The minimum absolute atomic E-state index is 0. The molecule has 1 saturated carbocycles. The highest BCUT2D eigenvalue weighted by atomic mass is 35.5. The average Bonchev–Trinajstić information content (AvgIpc) is 2.52. The number of ether oxygens (including phenoxy) is 1. The van der Waals surface area contributed by atoms with Crippen molar-refractivity contribution in [2.45, 2.75) is 30.9 Å². The third kappa shape index (κ3) is 3.34. The molecule has 4 rings (SSSR count). The number of aromatic nitrogens is 1. The molecule has 1 amide bonds. The first-order valence-corrected chi connectivity index (χ1v) is 8.91. The maximum atomic E-state index is 11.6. The number of halogens is 2. The molecule has 26 heavy (non-hydrogen) atoms. The molecule has 8 heteroatoms. The molecular formula is C18H28Cl2N4O2. The van der Waals surface area contributed by atoms with Crippen LogP contribution in [-0.2, 0) is 10.3 Å². The topological polar surface area (TPSA) is 80.5 Å². The molecule has 3 heterocycles. The van der Waals surface area contributed by atoms with E-state index in [1.165, 1.54) is 6.42 Å². The van der Waals surface area contributed by atoms with Crippen molar-refractivity contribution in [1.82, 2.24) is 15.2 Å². The van der Waals surface area contributed by atoms with E-state index in [0.717, 1.165) is 44.6 Å². The summed E-state index contributed by atoms with van der Waals surface area (Å²) in [6, 6.07) is 4.51. The second-order valence-corrected chi connectivity index (χ2v) is 7.38. The number of rotatable bonds is 4. The van der Waals surface area contributed by atoms with Crippen molar-refractivity contribution in [2.24, 2.45) is 17.6 Å². The number of amides is 1. The number of carbonyl (C=O) groups is 1. The molecule has 0 aromatic carbocycles. The summed E-state index contributed by atoms with van der Waals surface area (Å²) in [5.74, 6) is 0.406. The molecule has 1 aliphatic carbocycles. The predicted octanol–water partition coefficient (Wildman–Crippen LogP) is 1.57. The number of primary amides is 1. The summed E-state index contributed by atoms with van der Waals surface area (Å²) in [6.45, 7) is 4.32. The van der Waals surface area contributed by atoms with Crippen molar-refractivity contribution < 1.29 is 9.53 Å². The van der Waals surface area contributed by atoms with Crippen LogP contribution < -0.4 is 11.1 Å². The van der Waals surface area contributed by atoms with E-state index < -0.39 is 5.91 Å². The molecule has 1 aromatic heterocycles. The average molecular weight is 403 g/mol. The summed E-state index contributed by atoms with van der Waals surface area (Å²) < 4.78 is 6.22. The molecule has 0 spiro atoms. The van der Waals surface area contributed by atoms with Crippen molar-refractivity contribution in [3.63, 3.8) is 0 Å². The highest BCUT2D eigenvalue weighted by Crippen LogP contribution is 2.51. The summed E-state index contributed by atoms with van der Waals surface area (Å²) in [7, 11) is 1.82. The van der Waals surface area contributed by atoms with E-state index in [4.69, 9.17) is 10.5 Å². The SMILES string of the molecule is CO[C@]1(c2ccnc(C(N)=O)c2)[C@@H]2CCC[C@H]1CN(C1CNC1)C2.Cl.Cl. The first-order valence-electron chi connectivity index (χ1n) is 8.91. The lowest BCUT2D eigenvalue weighted by Gasteiger charge is -2.57. The largest absolute Gasteiger partial charge is 0.373 e. The van der Waals surface area contributed by atoms with E-state index in [9.17, 15) is 4.79 Å². The van der Waals surface area contributed by atoms with Crippen LogP contribution in [0.15, 0.2) is 18.3 Å². The maximum Gasteiger partial charge on any atom is 0.267 e. The molecule has 3 N–H and O–H groups in total. The fraction of sp³-hybridized carbons (Fsp3) is 0.667. The van der Waals surface area contributed by atoms with Gasteiger partial charge in [-0.2, -0.15) is 0 Å². The van der Waals surface area contributed by atoms with Crippen LogP contribution in [0.4, 0.5) is 0 Å². The van der Waals surface area contributed by atoms with Crippen LogP contribution in [0, 0.1) is 11.8 Å². The number of hydrogen-bond acceptors (Lipinski definition) is 5. The Labute approximate surface area is 167 Å². The molecule has 6 nitrogen and oxygen atoms in total. The molecule has 0 unspecified atom stereocenters. The first-order chi connectivity index (χ1) is 11.6. The summed E-state index contributed by atoms with van der Waals surface area (Å²) in [5.41, 5.74) is 6.51. The van der Waals surface area contributed by atoms with Gasteiger partial charge in [-0.3, -0.25) is 14.7 Å². The Morgan fingerprint density at radius 1 is 1.31 bits per heavy atom. The van der Waals surface area contributed by atoms with Gasteiger partial charge in [0.15, 0.2) is 0 Å². The van der Waals surface area contributed by atoms with Gasteiger partial charge in [0.2, 0.25) is 0 Å². The predicted molar refractivity (Wildman–Crippen MR) is 105 cm³/mol. The third-order valence-corrected chi connectivity index (χ3v) is 6.31. The Hall–Kier alpha value is -0.920. The van der Waals surface area contributed by atoms with Crippen LogP contribution in [-0.4, -0.2) is 55.1 Å². The summed E-state index contributed by atoms with van der Waals surface area (Å²) in [5, 5.41) is 3.38. The van der Waals surface area contributed by atoms with Crippen LogP contribution in [0.1, 0.15) is 35.3 Å². The van der Waals surface area contributed by atoms with E-state index in [-0.39, 0.29) is 30.4 Å². The Kier molecular flexibility index (Phi) is 6.91. The Morgan fingerprint density at radius 3 is 2.46 bits per heavy atom. The highest BCUT2D eigenvalue weighted by molar-refractivity contribution is 5.90. The van der Waals surface area contributed by atoms with E-state index >= 15 is 0 Å². The maximum absolute atomic E-state index is 11.6. The quantitative estimate of drug-likeness (QED) is 0.798. The first kappa shape index (κ1) is 21.4. The number of hydrogen-bond donors (Lipinski definition) is 2. The molecule has 3 atom stereocenters. The molecule has 3 fully saturated rings. The van der Waals surface area contributed by atoms with Gasteiger partial charge >= 0.3 is 0 Å². The number of carbonyl (C=O) groups excluding carboxylic acids is 1. The lowest BCUT2D eigenvalue weighted by Crippen LogP contribution is -2.66. The Balaban J connectivity index is 0.00000121. The number of methoxy groups -OCH3 is 1. The zero-order valence-corrected chi connectivity index (χ0v) is 16.7. The standard InChI is InChI=1S/C18H26N4O2.2ClH/c1-24-18(12-5-6-21-16(7-12)17(19)23)13-3-2-4-14(18)11-22(10-13)15-8-20-9-15;;/h5-7,13-15,20H,2-4,8-11H2,1H3,(H2,19,23);2*1H/t13-,14+,18-;;. The van der Waals surface area contributed by atoms with Gasteiger partial charge < -0.3 is 15.8 Å². The number of nitrogens with zero attached hydrogens (tertiary/aromatic N) is 2. The van der Waals surface area contributed by atoms with Gasteiger partial charge in [0.05, 0.1) is 0 Å². The number of pyridine rings is 1. The van der Waals surface area contributed by atoms with E-state index in [1.54, 1.807) is 6.20 Å². The minimum atomic E-state index is -0.480. The van der Waals surface area contributed by atoms with Gasteiger partial charge in [-0.15, -0.1) is 24.8 Å². The molecular weight excluding hydrogens is 375 g/mol. The zero-order valence-electron chi connectivity index (χ0n) is 15.0. The second-order valence-electron chi connectivity index (χ2n) is 7.38. The van der Waals surface area contributed by atoms with Crippen LogP contribution in [0.25, 0.3) is 0 Å². The van der Waals surface area contributed by atoms with Gasteiger partial charge in [0.25, 0.3) is 5.91 Å². The monoisotopic (exact) mass is 402 g/mol. The second kappa shape index (κ2) is 8.40. The number of nitrogens with two attached hydrogens (primary N) is 1. The Morgan fingerprint density at radius 2 is 1.96 bits per heavy atom. The smallest absolute Gasteiger partial charge is 0.267 e. The lowest BCUT2D eigenvalue weighted by atomic mass is 9.62. The summed E-state index contributed by atoms with van der Waals surface area (Å²) in [6.07, 6.45) is 5.27. The lowest BCUT2D eigenvalue weighted by molar-refractivity contribution is -0.176. The van der Waals surface area contributed by atoms with E-state index in [0.29, 0.717) is 23.6 Å². The van der Waals surface area contributed by atoms with Gasteiger partial charge in [-0.05, 0) is 30.5 Å². The Bertz CT molecular complexity index is 627. The van der Waals surface area contributed by atoms with Crippen molar-refractivity contribution >= 4 is 30.7 Å². The van der Waals surface area contributed by atoms with Gasteiger partial charge in [0, 0.05) is 57.4 Å². The zero-order chi connectivity index (χ0) is 16.7. The van der Waals surface area contributed by atoms with Crippen LogP contribution in [0.5, 0.6) is 0 Å². The number of piperidine rings is 1. The summed E-state index contributed by atoms with van der Waals surface area (Å²) in [4.78, 5) is 18.3. The van der Waals surface area contributed by atoms with Gasteiger partial charge in [0.1, 0.15) is 11.3 Å². The minimum Gasteiger partial charge on any atom is -0.373 e. The molecule has 2 saturated heterocycles. The van der Waals surface area contributed by atoms with Crippen molar-refractivity contribution in [3.05, 3.63) is 29.6 Å². The number of likely N-dealkylation sites (tertiary alicyclic amines) is 1. The van der Waals surface area contributed by atoms with Crippen molar-refractivity contribution in [3.8, 4) is 0 Å². The molecule has 146 valence electrons. The van der Waals surface area contributed by atoms with E-state index in [2.05, 4.69) is 15.2 Å². The van der Waals surface area contributed by atoms with Crippen molar-refractivity contribution in [2.75, 3.05) is 33.3 Å². The molecule has 2 bridgehead atoms. The molecule has 3 aliphatic rings. The molecule has 2 aliphatic heterocycles. The van der Waals surface area contributed by atoms with Crippen LogP contribution in [0.2, 0.25) is 0 Å².